The van der Waals surface area contributed by atoms with E-state index in [1.54, 1.807) is 0 Å². The summed E-state index contributed by atoms with van der Waals surface area (Å²) in [6.45, 7) is -0.0387. The van der Waals surface area contributed by atoms with Crippen LogP contribution in [0.25, 0.3) is 0 Å². The van der Waals surface area contributed by atoms with E-state index in [0.29, 0.717) is 5.82 Å². The Morgan fingerprint density at radius 3 is 2.64 bits per heavy atom. The predicted octanol–water partition coefficient (Wildman–Crippen LogP) is -1.47. The lowest BCUT2D eigenvalue weighted by Gasteiger charge is -1.97. The Balaban J connectivity index is 2.85. The highest BCUT2D eigenvalue weighted by atomic mass is 16.1. The number of nitrogen functional groups attached to an aromatic ring is 2. The minimum absolute atomic E-state index is 0.0387. The highest BCUT2D eigenvalue weighted by molar-refractivity contribution is 5.74. The van der Waals surface area contributed by atoms with Crippen LogP contribution in [0.1, 0.15) is 0 Å². The monoisotopic (exact) mass is 155 g/mol. The fourth-order valence-electron chi connectivity index (χ4n) is 0.726. The van der Waals surface area contributed by atoms with E-state index in [1.807, 2.05) is 0 Å². The predicted molar refractivity (Wildman–Crippen MR) is 40.2 cm³/mol. The third-order valence-corrected chi connectivity index (χ3v) is 1.14. The summed E-state index contributed by atoms with van der Waals surface area (Å²) in [6.07, 6.45) is 0. The average Bonchev–Trinajstić information content (AvgIpc) is 2.09. The molecule has 0 aromatic carbocycles. The lowest BCUT2D eigenvalue weighted by Crippen LogP contribution is -2.20. The molecule has 6 nitrogen and oxygen atoms in total. The second-order valence-electron chi connectivity index (χ2n) is 2.12. The Kier molecular flexibility index (Phi) is 1.67. The summed E-state index contributed by atoms with van der Waals surface area (Å²) in [7, 11) is 0. The number of primary amides is 1. The number of amides is 1. The summed E-state index contributed by atoms with van der Waals surface area (Å²) in [5.74, 6) is 0.116. The second-order valence-corrected chi connectivity index (χ2v) is 2.12. The van der Waals surface area contributed by atoms with Crippen LogP contribution >= 0.6 is 0 Å². The van der Waals surface area contributed by atoms with Gasteiger partial charge in [-0.2, -0.15) is 5.10 Å². The third-order valence-electron chi connectivity index (χ3n) is 1.14. The maximum Gasteiger partial charge on any atom is 0.239 e. The van der Waals surface area contributed by atoms with Crippen LogP contribution in [0, 0.1) is 0 Å². The van der Waals surface area contributed by atoms with Crippen LogP contribution < -0.4 is 17.2 Å². The van der Waals surface area contributed by atoms with Crippen molar-refractivity contribution in [3.05, 3.63) is 6.07 Å². The van der Waals surface area contributed by atoms with Crippen LogP contribution in [-0.4, -0.2) is 15.7 Å². The molecule has 0 saturated heterocycles. The molecule has 0 spiro atoms. The van der Waals surface area contributed by atoms with Crippen molar-refractivity contribution in [3.63, 3.8) is 0 Å². The summed E-state index contributed by atoms with van der Waals surface area (Å²) in [6, 6.07) is 1.46. The van der Waals surface area contributed by atoms with E-state index in [4.69, 9.17) is 17.2 Å². The van der Waals surface area contributed by atoms with Crippen LogP contribution in [0.3, 0.4) is 0 Å². The van der Waals surface area contributed by atoms with Crippen molar-refractivity contribution in [3.8, 4) is 0 Å². The number of hydrogen-bond donors (Lipinski definition) is 3. The van der Waals surface area contributed by atoms with E-state index >= 15 is 0 Å². The van der Waals surface area contributed by atoms with E-state index < -0.39 is 5.91 Å². The van der Waals surface area contributed by atoms with E-state index in [0.717, 1.165) is 0 Å². The van der Waals surface area contributed by atoms with Gasteiger partial charge < -0.3 is 17.2 Å². The summed E-state index contributed by atoms with van der Waals surface area (Å²) < 4.78 is 1.25. The lowest BCUT2D eigenvalue weighted by molar-refractivity contribution is -0.118. The fourth-order valence-corrected chi connectivity index (χ4v) is 0.726. The largest absolute Gasteiger partial charge is 0.384 e. The van der Waals surface area contributed by atoms with Crippen LogP contribution in [0.5, 0.6) is 0 Å². The van der Waals surface area contributed by atoms with Gasteiger partial charge in [0.25, 0.3) is 0 Å². The van der Waals surface area contributed by atoms with Gasteiger partial charge in [0.15, 0.2) is 0 Å². The van der Waals surface area contributed by atoms with Gasteiger partial charge in [-0.05, 0) is 0 Å². The maximum absolute atomic E-state index is 10.4. The fraction of sp³-hybridized carbons (Fsp3) is 0.200. The van der Waals surface area contributed by atoms with Crippen molar-refractivity contribution in [2.24, 2.45) is 5.73 Å². The van der Waals surface area contributed by atoms with Crippen molar-refractivity contribution in [1.82, 2.24) is 9.78 Å². The first-order chi connectivity index (χ1) is 5.09. The molecular formula is C5H9N5O. The molecule has 1 amide bonds. The van der Waals surface area contributed by atoms with Crippen LogP contribution in [0.15, 0.2) is 6.07 Å². The molecular weight excluding hydrogens is 146 g/mol. The molecule has 6 N–H and O–H groups in total. The van der Waals surface area contributed by atoms with Crippen LogP contribution in [0.2, 0.25) is 0 Å². The zero-order chi connectivity index (χ0) is 8.43. The van der Waals surface area contributed by atoms with Gasteiger partial charge in [-0.25, -0.2) is 4.68 Å². The minimum atomic E-state index is -0.500. The highest BCUT2D eigenvalue weighted by Crippen LogP contribution is 2.06. The number of nitrogens with zero attached hydrogens (tertiary/aromatic N) is 2. The van der Waals surface area contributed by atoms with Gasteiger partial charge >= 0.3 is 0 Å². The summed E-state index contributed by atoms with van der Waals surface area (Å²) in [5, 5.41) is 3.72. The molecule has 11 heavy (non-hydrogen) atoms. The molecule has 60 valence electrons. The zero-order valence-corrected chi connectivity index (χ0v) is 5.82. The molecule has 0 atom stereocenters. The molecule has 0 aliphatic heterocycles. The number of hydrogen-bond acceptors (Lipinski definition) is 4. The lowest BCUT2D eigenvalue weighted by atomic mass is 10.6. The first-order valence-corrected chi connectivity index (χ1v) is 2.96. The van der Waals surface area contributed by atoms with Gasteiger partial charge in [-0.15, -0.1) is 0 Å². The quantitative estimate of drug-likeness (QED) is 0.484. The average molecular weight is 155 g/mol. The molecule has 0 aliphatic rings. The van der Waals surface area contributed by atoms with Gasteiger partial charge in [0, 0.05) is 6.07 Å². The Morgan fingerprint density at radius 2 is 2.27 bits per heavy atom. The normalized spacial score (nSPS) is 9.82. The number of anilines is 2. The summed E-state index contributed by atoms with van der Waals surface area (Å²) in [5.41, 5.74) is 15.6. The van der Waals surface area contributed by atoms with Crippen LogP contribution in [-0.2, 0) is 11.3 Å². The molecule has 1 aromatic heterocycles. The molecule has 1 aromatic rings. The number of nitrogens with two attached hydrogens (primary N) is 3. The molecule has 1 rings (SSSR count). The maximum atomic E-state index is 10.4. The number of rotatable bonds is 2. The van der Waals surface area contributed by atoms with E-state index in [9.17, 15) is 4.79 Å². The van der Waals surface area contributed by atoms with E-state index in [2.05, 4.69) is 5.10 Å². The summed E-state index contributed by atoms with van der Waals surface area (Å²) in [4.78, 5) is 10.4. The Hall–Kier alpha value is -1.72. The van der Waals surface area contributed by atoms with Gasteiger partial charge in [0.2, 0.25) is 5.91 Å². The zero-order valence-electron chi connectivity index (χ0n) is 5.82. The van der Waals surface area contributed by atoms with Crippen molar-refractivity contribution in [2.75, 3.05) is 11.5 Å². The number of carbonyl (C=O) groups excluding carboxylic acids is 1. The Bertz CT molecular complexity index is 278. The number of aromatic nitrogens is 2. The first kappa shape index (κ1) is 7.39. The molecule has 0 fully saturated rings. The van der Waals surface area contributed by atoms with Crippen molar-refractivity contribution >= 4 is 17.5 Å². The molecule has 1 heterocycles. The van der Waals surface area contributed by atoms with E-state index in [1.165, 1.54) is 10.7 Å². The smallest absolute Gasteiger partial charge is 0.239 e. The molecule has 0 bridgehead atoms. The van der Waals surface area contributed by atoms with Crippen molar-refractivity contribution < 1.29 is 4.79 Å². The minimum Gasteiger partial charge on any atom is -0.384 e. The first-order valence-electron chi connectivity index (χ1n) is 2.96. The molecule has 0 unspecified atom stereocenters. The van der Waals surface area contributed by atoms with Crippen molar-refractivity contribution in [2.45, 2.75) is 6.54 Å². The van der Waals surface area contributed by atoms with Gasteiger partial charge in [0.1, 0.15) is 18.2 Å². The molecule has 6 heteroatoms. The van der Waals surface area contributed by atoms with E-state index in [-0.39, 0.29) is 12.4 Å². The summed E-state index contributed by atoms with van der Waals surface area (Å²) >= 11 is 0. The van der Waals surface area contributed by atoms with Crippen LogP contribution in [0.4, 0.5) is 11.6 Å². The molecule has 0 radical (unpaired) electrons. The molecule has 0 aliphatic carbocycles. The SMILES string of the molecule is NC(=O)Cn1nc(N)cc1N. The Morgan fingerprint density at radius 1 is 1.64 bits per heavy atom. The Labute approximate surface area is 62.9 Å². The van der Waals surface area contributed by atoms with Gasteiger partial charge in [-0.1, -0.05) is 0 Å². The van der Waals surface area contributed by atoms with Gasteiger partial charge in [0.05, 0.1) is 0 Å². The van der Waals surface area contributed by atoms with Gasteiger partial charge in [-0.3, -0.25) is 4.79 Å². The number of carbonyl (C=O) groups is 1. The third kappa shape index (κ3) is 1.60. The standard InChI is InChI=1S/C5H9N5O/c6-3-1-4(7)10(9-3)2-5(8)11/h1H,2,7H2,(H2,6,9)(H2,8,11). The van der Waals surface area contributed by atoms with Crippen molar-refractivity contribution in [1.29, 1.82) is 0 Å². The molecule has 0 saturated carbocycles. The topological polar surface area (TPSA) is 113 Å². The highest BCUT2D eigenvalue weighted by Gasteiger charge is 2.03. The second kappa shape index (κ2) is 2.49.